The van der Waals surface area contributed by atoms with Gasteiger partial charge < -0.3 is 0 Å². The van der Waals surface area contributed by atoms with E-state index in [0.29, 0.717) is 5.57 Å². The Kier molecular flexibility index (Phi) is 5.66. The normalized spacial score (nSPS) is 12.9. The predicted molar refractivity (Wildman–Crippen MR) is 55.4 cm³/mol. The van der Waals surface area contributed by atoms with Crippen LogP contribution in [0.5, 0.6) is 0 Å². The van der Waals surface area contributed by atoms with E-state index in [4.69, 9.17) is 4.89 Å². The van der Waals surface area contributed by atoms with E-state index in [0.717, 1.165) is 16.7 Å². The van der Waals surface area contributed by atoms with E-state index in [9.17, 15) is 4.79 Å². The van der Waals surface area contributed by atoms with Gasteiger partial charge in [-0.1, -0.05) is 19.9 Å². The molecule has 0 aromatic heterocycles. The highest BCUT2D eigenvalue weighted by atomic mass is 28.1. The highest BCUT2D eigenvalue weighted by Crippen LogP contribution is 2.16. The van der Waals surface area contributed by atoms with Crippen LogP contribution in [0.3, 0.4) is 0 Å². The quantitative estimate of drug-likeness (QED) is 0.289. The van der Waals surface area contributed by atoms with Crippen LogP contribution in [0.15, 0.2) is 12.2 Å². The molecule has 0 spiro atoms. The van der Waals surface area contributed by atoms with E-state index < -0.39 is 5.97 Å². The molecule has 0 rings (SSSR count). The molecule has 76 valence electrons. The van der Waals surface area contributed by atoms with Crippen LogP contribution in [0.2, 0.25) is 5.54 Å². The number of hydrogen-bond donors (Lipinski definition) is 0. The summed E-state index contributed by atoms with van der Waals surface area (Å²) in [5.41, 5.74) is 0.804. The average Bonchev–Trinajstić information content (AvgIpc) is 2.11. The van der Waals surface area contributed by atoms with Gasteiger partial charge >= 0.3 is 5.97 Å². The fraction of sp³-hybridized carbons (Fsp3) is 0.667. The molecule has 3 nitrogen and oxygen atoms in total. The zero-order chi connectivity index (χ0) is 10.4. The van der Waals surface area contributed by atoms with Gasteiger partial charge in [-0.25, -0.2) is 4.79 Å². The third-order valence-electron chi connectivity index (χ3n) is 1.79. The lowest BCUT2D eigenvalue weighted by molar-refractivity contribution is -0.287. The van der Waals surface area contributed by atoms with Gasteiger partial charge in [0.1, 0.15) is 0 Å². The first kappa shape index (κ1) is 12.4. The van der Waals surface area contributed by atoms with E-state index in [-0.39, 0.29) is 11.6 Å². The van der Waals surface area contributed by atoms with Crippen LogP contribution >= 0.6 is 0 Å². The molecular weight excluding hydrogens is 184 g/mol. The van der Waals surface area contributed by atoms with Crippen LogP contribution < -0.4 is 0 Å². The Morgan fingerprint density at radius 1 is 1.54 bits per heavy atom. The molecule has 0 bridgehead atoms. The summed E-state index contributed by atoms with van der Waals surface area (Å²) in [5, 5.41) is 0. The van der Waals surface area contributed by atoms with Crippen LogP contribution in [-0.4, -0.2) is 22.3 Å². The van der Waals surface area contributed by atoms with Gasteiger partial charge in [0.25, 0.3) is 0 Å². The summed E-state index contributed by atoms with van der Waals surface area (Å²) >= 11 is 0. The van der Waals surface area contributed by atoms with E-state index in [2.05, 4.69) is 11.5 Å². The summed E-state index contributed by atoms with van der Waals surface area (Å²) in [4.78, 5) is 20.5. The van der Waals surface area contributed by atoms with E-state index in [1.807, 2.05) is 6.92 Å². The summed E-state index contributed by atoms with van der Waals surface area (Å²) in [5.74, 6) is -0.435. The molecule has 0 aromatic rings. The maximum Gasteiger partial charge on any atom is 0.368 e. The van der Waals surface area contributed by atoms with Crippen molar-refractivity contribution in [2.24, 2.45) is 0 Å². The molecule has 0 N–H and O–H groups in total. The molecule has 4 heteroatoms. The SMILES string of the molecule is C=C(C(=O)OOC(C)C)C([SiH3])CC. The van der Waals surface area contributed by atoms with Crippen molar-refractivity contribution in [1.29, 1.82) is 0 Å². The number of rotatable bonds is 5. The second kappa shape index (κ2) is 5.94. The topological polar surface area (TPSA) is 35.5 Å². The molecule has 0 heterocycles. The molecule has 1 atom stereocenters. The molecule has 1 unspecified atom stereocenters. The van der Waals surface area contributed by atoms with Gasteiger partial charge in [-0.3, -0.25) is 4.89 Å². The minimum Gasteiger partial charge on any atom is -0.293 e. The van der Waals surface area contributed by atoms with Gasteiger partial charge in [-0.2, -0.15) is 4.89 Å². The van der Waals surface area contributed by atoms with Crippen LogP contribution in [0.1, 0.15) is 27.2 Å². The summed E-state index contributed by atoms with van der Waals surface area (Å²) in [6.45, 7) is 9.31. The second-order valence-corrected chi connectivity index (χ2v) is 4.74. The Morgan fingerprint density at radius 2 is 2.08 bits per heavy atom. The van der Waals surface area contributed by atoms with Gasteiger partial charge in [0, 0.05) is 15.8 Å². The van der Waals surface area contributed by atoms with Crippen molar-refractivity contribution >= 4 is 16.2 Å². The molecule has 0 fully saturated rings. The summed E-state index contributed by atoms with van der Waals surface area (Å²) in [6.07, 6.45) is 0.827. The van der Waals surface area contributed by atoms with Crippen molar-refractivity contribution < 1.29 is 14.6 Å². The maximum atomic E-state index is 11.2. The standard InChI is InChI=1S/C9H18O3Si/c1-5-8(13)7(4)9(10)12-11-6(2)3/h6,8H,4-5H2,1-3,13H3. The Bertz CT molecular complexity index is 189. The van der Waals surface area contributed by atoms with Crippen LogP contribution in [-0.2, 0) is 14.6 Å². The van der Waals surface area contributed by atoms with Gasteiger partial charge in [0.2, 0.25) is 0 Å². The zero-order valence-electron chi connectivity index (χ0n) is 8.79. The highest BCUT2D eigenvalue weighted by Gasteiger charge is 2.15. The number of carbonyl (C=O) groups excluding carboxylic acids is 1. The molecule has 0 aromatic carbocycles. The largest absolute Gasteiger partial charge is 0.368 e. The van der Waals surface area contributed by atoms with E-state index >= 15 is 0 Å². The monoisotopic (exact) mass is 202 g/mol. The van der Waals surface area contributed by atoms with Crippen molar-refractivity contribution in [2.45, 2.75) is 38.8 Å². The zero-order valence-corrected chi connectivity index (χ0v) is 10.8. The first-order valence-corrected chi connectivity index (χ1v) is 5.70. The Morgan fingerprint density at radius 3 is 2.46 bits per heavy atom. The molecule has 0 radical (unpaired) electrons. The molecule has 0 saturated heterocycles. The second-order valence-electron chi connectivity index (χ2n) is 3.35. The highest BCUT2D eigenvalue weighted by molar-refractivity contribution is 6.17. The van der Waals surface area contributed by atoms with Crippen LogP contribution in [0, 0.1) is 0 Å². The lowest BCUT2D eigenvalue weighted by atomic mass is 10.2. The van der Waals surface area contributed by atoms with Crippen molar-refractivity contribution in [3.05, 3.63) is 12.2 Å². The molecule has 0 aliphatic heterocycles. The van der Waals surface area contributed by atoms with Crippen LogP contribution in [0.4, 0.5) is 0 Å². The van der Waals surface area contributed by atoms with Gasteiger partial charge in [-0.05, 0) is 19.4 Å². The van der Waals surface area contributed by atoms with Crippen molar-refractivity contribution in [3.63, 3.8) is 0 Å². The molecule has 0 saturated carbocycles. The van der Waals surface area contributed by atoms with Gasteiger partial charge in [0.15, 0.2) is 0 Å². The van der Waals surface area contributed by atoms with Crippen molar-refractivity contribution in [3.8, 4) is 0 Å². The fourth-order valence-electron chi connectivity index (χ4n) is 0.641. The van der Waals surface area contributed by atoms with E-state index in [1.54, 1.807) is 13.8 Å². The Hall–Kier alpha value is -0.613. The minimum atomic E-state index is -0.435. The minimum absolute atomic E-state index is 0.106. The molecule has 0 amide bonds. The third-order valence-corrected chi connectivity index (χ3v) is 3.30. The van der Waals surface area contributed by atoms with Crippen LogP contribution in [0.25, 0.3) is 0 Å². The van der Waals surface area contributed by atoms with E-state index in [1.165, 1.54) is 0 Å². The number of hydrogen-bond acceptors (Lipinski definition) is 3. The molecule has 0 aliphatic carbocycles. The fourth-order valence-corrected chi connectivity index (χ4v) is 0.877. The molecule has 0 aliphatic rings. The molecule has 13 heavy (non-hydrogen) atoms. The Balaban J connectivity index is 3.90. The molecular formula is C9H18O3Si. The first-order valence-electron chi connectivity index (χ1n) is 4.55. The first-order chi connectivity index (χ1) is 5.99. The van der Waals surface area contributed by atoms with Gasteiger partial charge in [-0.15, -0.1) is 0 Å². The summed E-state index contributed by atoms with van der Waals surface area (Å²) in [6, 6.07) is 0. The summed E-state index contributed by atoms with van der Waals surface area (Å²) in [7, 11) is 0.919. The lowest BCUT2D eigenvalue weighted by Crippen LogP contribution is -2.14. The number of carbonyl (C=O) groups is 1. The average molecular weight is 202 g/mol. The van der Waals surface area contributed by atoms with Gasteiger partial charge in [0.05, 0.1) is 6.10 Å². The maximum absolute atomic E-state index is 11.2. The predicted octanol–water partition coefficient (Wildman–Crippen LogP) is 0.990. The smallest absolute Gasteiger partial charge is 0.293 e. The van der Waals surface area contributed by atoms with Crippen molar-refractivity contribution in [1.82, 2.24) is 0 Å². The summed E-state index contributed by atoms with van der Waals surface area (Å²) < 4.78 is 0. The lowest BCUT2D eigenvalue weighted by Gasteiger charge is -2.11. The Labute approximate surface area is 82.5 Å². The van der Waals surface area contributed by atoms with Crippen molar-refractivity contribution in [2.75, 3.05) is 0 Å². The third kappa shape index (κ3) is 4.85.